The number of halogens is 3. The number of hydrogen-bond donors (Lipinski definition) is 2. The zero-order valence-corrected chi connectivity index (χ0v) is 14.6. The van der Waals surface area contributed by atoms with Crippen molar-refractivity contribution < 1.29 is 27.2 Å². The summed E-state index contributed by atoms with van der Waals surface area (Å²) in [6, 6.07) is 9.50. The lowest BCUT2D eigenvalue weighted by Gasteiger charge is -2.10. The normalized spacial score (nSPS) is 11.4. The summed E-state index contributed by atoms with van der Waals surface area (Å²) in [7, 11) is 0. The maximum Gasteiger partial charge on any atom is 0.447 e. The molecule has 0 saturated carbocycles. The standard InChI is InChI=1S/C17H12F3N3O3S/c1-9-10-5-2-3-7-12(10)26-13(9)15(25)23-22-14(24)11-6-4-8-21-16(11)27-17(18,19)20/h2-8H,1H3,(H,22,24)(H,23,25). The van der Waals surface area contributed by atoms with E-state index in [9.17, 15) is 22.8 Å². The van der Waals surface area contributed by atoms with Crippen molar-refractivity contribution in [2.24, 2.45) is 0 Å². The molecule has 6 nitrogen and oxygen atoms in total. The summed E-state index contributed by atoms with van der Waals surface area (Å²) in [4.78, 5) is 28.0. The van der Waals surface area contributed by atoms with Crippen LogP contribution in [-0.4, -0.2) is 22.3 Å². The number of nitrogens with zero attached hydrogens (tertiary/aromatic N) is 1. The number of thioether (sulfide) groups is 1. The zero-order chi connectivity index (χ0) is 19.6. The molecular weight excluding hydrogens is 383 g/mol. The molecule has 2 heterocycles. The van der Waals surface area contributed by atoms with Crippen LogP contribution in [-0.2, 0) is 0 Å². The van der Waals surface area contributed by atoms with Gasteiger partial charge in [-0.15, -0.1) is 0 Å². The van der Waals surface area contributed by atoms with E-state index in [1.807, 2.05) is 0 Å². The number of rotatable bonds is 3. The zero-order valence-electron chi connectivity index (χ0n) is 13.8. The maximum atomic E-state index is 12.6. The van der Waals surface area contributed by atoms with Crippen LogP contribution in [0.25, 0.3) is 11.0 Å². The van der Waals surface area contributed by atoms with Gasteiger partial charge in [-0.3, -0.25) is 20.4 Å². The number of alkyl halides is 3. The average Bonchev–Trinajstić information content (AvgIpc) is 2.96. The summed E-state index contributed by atoms with van der Waals surface area (Å²) in [6.07, 6.45) is 1.14. The molecule has 0 radical (unpaired) electrons. The molecule has 3 rings (SSSR count). The second-order valence-corrected chi connectivity index (χ2v) is 6.42. The van der Waals surface area contributed by atoms with Crippen molar-refractivity contribution in [3.63, 3.8) is 0 Å². The number of aryl methyl sites for hydroxylation is 1. The Bertz CT molecular complexity index is 1020. The van der Waals surface area contributed by atoms with Gasteiger partial charge in [0, 0.05) is 28.9 Å². The van der Waals surface area contributed by atoms with Crippen LogP contribution in [0.5, 0.6) is 0 Å². The van der Waals surface area contributed by atoms with E-state index in [-0.39, 0.29) is 11.3 Å². The molecule has 2 aromatic heterocycles. The van der Waals surface area contributed by atoms with Crippen LogP contribution in [0.15, 0.2) is 52.0 Å². The van der Waals surface area contributed by atoms with Crippen LogP contribution in [0.2, 0.25) is 0 Å². The predicted molar refractivity (Wildman–Crippen MR) is 92.0 cm³/mol. The molecule has 140 valence electrons. The Kier molecular flexibility index (Phi) is 5.08. The number of furan rings is 1. The molecule has 0 aliphatic carbocycles. The molecule has 0 aliphatic rings. The van der Waals surface area contributed by atoms with Crippen molar-refractivity contribution in [2.75, 3.05) is 0 Å². The lowest BCUT2D eigenvalue weighted by Crippen LogP contribution is -2.42. The van der Waals surface area contributed by atoms with Gasteiger partial charge in [0.25, 0.3) is 5.91 Å². The van der Waals surface area contributed by atoms with Crippen LogP contribution in [0.4, 0.5) is 13.2 Å². The molecule has 27 heavy (non-hydrogen) atoms. The largest absolute Gasteiger partial charge is 0.451 e. The first kappa shape index (κ1) is 18.8. The molecule has 1 aromatic carbocycles. The monoisotopic (exact) mass is 395 g/mol. The summed E-state index contributed by atoms with van der Waals surface area (Å²) in [5, 5.41) is 0.224. The third-order valence-electron chi connectivity index (χ3n) is 3.57. The number of pyridine rings is 1. The van der Waals surface area contributed by atoms with Gasteiger partial charge in [0.2, 0.25) is 0 Å². The van der Waals surface area contributed by atoms with Crippen LogP contribution < -0.4 is 10.9 Å². The second kappa shape index (κ2) is 7.31. The van der Waals surface area contributed by atoms with Crippen LogP contribution >= 0.6 is 11.8 Å². The minimum Gasteiger partial charge on any atom is -0.451 e. The molecular formula is C17H12F3N3O3S. The van der Waals surface area contributed by atoms with Crippen molar-refractivity contribution in [1.82, 2.24) is 15.8 Å². The van der Waals surface area contributed by atoms with Gasteiger partial charge in [-0.2, -0.15) is 13.2 Å². The highest BCUT2D eigenvalue weighted by Crippen LogP contribution is 2.37. The van der Waals surface area contributed by atoms with E-state index in [4.69, 9.17) is 4.42 Å². The van der Waals surface area contributed by atoms with Gasteiger partial charge in [-0.1, -0.05) is 18.2 Å². The van der Waals surface area contributed by atoms with E-state index < -0.39 is 34.1 Å². The van der Waals surface area contributed by atoms with Crippen LogP contribution in [0, 0.1) is 6.92 Å². The Morgan fingerprint density at radius 3 is 2.48 bits per heavy atom. The van der Waals surface area contributed by atoms with E-state index in [0.29, 0.717) is 11.1 Å². The molecule has 0 saturated heterocycles. The second-order valence-electron chi connectivity index (χ2n) is 5.36. The topological polar surface area (TPSA) is 84.2 Å². The van der Waals surface area contributed by atoms with Crippen molar-refractivity contribution in [2.45, 2.75) is 17.5 Å². The SMILES string of the molecule is Cc1c(C(=O)NNC(=O)c2cccnc2SC(F)(F)F)oc2ccccc12. The third-order valence-corrected chi connectivity index (χ3v) is 4.32. The lowest BCUT2D eigenvalue weighted by molar-refractivity contribution is -0.0329. The Labute approximate surface area is 155 Å². The highest BCUT2D eigenvalue weighted by atomic mass is 32.2. The summed E-state index contributed by atoms with van der Waals surface area (Å²) >= 11 is -0.511. The summed E-state index contributed by atoms with van der Waals surface area (Å²) < 4.78 is 43.2. The highest BCUT2D eigenvalue weighted by molar-refractivity contribution is 8.00. The first-order valence-electron chi connectivity index (χ1n) is 7.56. The van der Waals surface area contributed by atoms with Crippen molar-refractivity contribution >= 4 is 34.5 Å². The van der Waals surface area contributed by atoms with Gasteiger partial charge in [0.1, 0.15) is 10.6 Å². The first-order valence-corrected chi connectivity index (χ1v) is 8.37. The fraction of sp³-hybridized carbons (Fsp3) is 0.118. The molecule has 0 bridgehead atoms. The Hall–Kier alpha value is -3.01. The number of carbonyl (C=O) groups is 2. The summed E-state index contributed by atoms with van der Waals surface area (Å²) in [5.41, 5.74) is 0.375. The van der Waals surface area contributed by atoms with Crippen LogP contribution in [0.1, 0.15) is 26.5 Å². The number of para-hydroxylation sites is 1. The van der Waals surface area contributed by atoms with E-state index in [2.05, 4.69) is 15.8 Å². The van der Waals surface area contributed by atoms with Crippen molar-refractivity contribution in [1.29, 1.82) is 0 Å². The smallest absolute Gasteiger partial charge is 0.447 e. The Morgan fingerprint density at radius 1 is 1.07 bits per heavy atom. The molecule has 10 heteroatoms. The molecule has 0 fully saturated rings. The number of hydrogen-bond acceptors (Lipinski definition) is 5. The number of benzene rings is 1. The Morgan fingerprint density at radius 2 is 1.78 bits per heavy atom. The third kappa shape index (κ3) is 4.22. The molecule has 0 unspecified atom stereocenters. The van der Waals surface area contributed by atoms with Crippen LogP contribution in [0.3, 0.4) is 0 Å². The molecule has 0 atom stereocenters. The first-order chi connectivity index (χ1) is 12.8. The van der Waals surface area contributed by atoms with Crippen molar-refractivity contribution in [3.05, 3.63) is 59.5 Å². The van der Waals surface area contributed by atoms with E-state index in [0.717, 1.165) is 11.6 Å². The number of amides is 2. The van der Waals surface area contributed by atoms with E-state index >= 15 is 0 Å². The van der Waals surface area contributed by atoms with Gasteiger partial charge in [0.15, 0.2) is 5.76 Å². The summed E-state index contributed by atoms with van der Waals surface area (Å²) in [6.45, 7) is 1.68. The van der Waals surface area contributed by atoms with E-state index in [1.165, 1.54) is 12.1 Å². The predicted octanol–water partition coefficient (Wildman–Crippen LogP) is 3.82. The Balaban J connectivity index is 1.74. The van der Waals surface area contributed by atoms with Gasteiger partial charge < -0.3 is 4.42 Å². The number of nitrogens with one attached hydrogen (secondary N) is 2. The van der Waals surface area contributed by atoms with Gasteiger partial charge in [-0.05, 0) is 25.1 Å². The number of fused-ring (bicyclic) bond motifs is 1. The van der Waals surface area contributed by atoms with Crippen molar-refractivity contribution in [3.8, 4) is 0 Å². The summed E-state index contributed by atoms with van der Waals surface area (Å²) in [5.74, 6) is -1.67. The molecule has 0 spiro atoms. The molecule has 2 N–H and O–H groups in total. The van der Waals surface area contributed by atoms with Gasteiger partial charge >= 0.3 is 11.4 Å². The maximum absolute atomic E-state index is 12.6. The molecule has 2 amide bonds. The highest BCUT2D eigenvalue weighted by Gasteiger charge is 2.32. The fourth-order valence-corrected chi connectivity index (χ4v) is 2.99. The number of aromatic nitrogens is 1. The minimum absolute atomic E-state index is 0.00687. The molecule has 0 aliphatic heterocycles. The quantitative estimate of drug-likeness (QED) is 0.520. The van der Waals surface area contributed by atoms with E-state index in [1.54, 1.807) is 31.2 Å². The lowest BCUT2D eigenvalue weighted by atomic mass is 10.1. The van der Waals surface area contributed by atoms with Gasteiger partial charge in [0.05, 0.1) is 5.56 Å². The number of hydrazine groups is 1. The number of carbonyl (C=O) groups excluding carboxylic acids is 2. The van der Waals surface area contributed by atoms with Gasteiger partial charge in [-0.25, -0.2) is 4.98 Å². The molecule has 3 aromatic rings. The fourth-order valence-electron chi connectivity index (χ4n) is 2.38. The average molecular weight is 395 g/mol. The minimum atomic E-state index is -4.60.